The highest BCUT2D eigenvalue weighted by molar-refractivity contribution is 5.39. The Kier molecular flexibility index (Phi) is 2.78. The van der Waals surface area contributed by atoms with E-state index < -0.39 is 0 Å². The summed E-state index contributed by atoms with van der Waals surface area (Å²) >= 11 is 0. The average Bonchev–Trinajstić information content (AvgIpc) is 2.99. The second-order valence-corrected chi connectivity index (χ2v) is 3.30. The van der Waals surface area contributed by atoms with E-state index in [4.69, 9.17) is 10.5 Å². The number of hydrogen-bond donors (Lipinski definition) is 2. The summed E-state index contributed by atoms with van der Waals surface area (Å²) in [4.78, 5) is 8.07. The molecule has 1 fully saturated rings. The van der Waals surface area contributed by atoms with Gasteiger partial charge in [-0.25, -0.2) is 9.97 Å². The van der Waals surface area contributed by atoms with Gasteiger partial charge in [0.05, 0.1) is 0 Å². The van der Waals surface area contributed by atoms with Crippen molar-refractivity contribution in [2.24, 2.45) is 5.73 Å². The van der Waals surface area contributed by atoms with Gasteiger partial charge in [-0.05, 0) is 12.8 Å². The summed E-state index contributed by atoms with van der Waals surface area (Å²) < 4.78 is 5.28. The highest BCUT2D eigenvalue weighted by Crippen LogP contribution is 2.24. The maximum Gasteiger partial charge on any atom is 0.218 e. The number of nitrogens with two attached hydrogens (primary N) is 1. The van der Waals surface area contributed by atoms with E-state index in [1.54, 1.807) is 6.07 Å². The number of ether oxygens (including phenoxy) is 1. The molecule has 1 aromatic rings. The lowest BCUT2D eigenvalue weighted by Crippen LogP contribution is -2.12. The molecule has 0 spiro atoms. The summed E-state index contributed by atoms with van der Waals surface area (Å²) in [6.45, 7) is 0.981. The second-order valence-electron chi connectivity index (χ2n) is 3.30. The summed E-state index contributed by atoms with van der Waals surface area (Å²) in [5, 5.41) is 3.27. The quantitative estimate of drug-likeness (QED) is 0.709. The van der Waals surface area contributed by atoms with Gasteiger partial charge in [-0.1, -0.05) is 0 Å². The molecular formula is C9H14N4O. The van der Waals surface area contributed by atoms with Crippen LogP contribution in [0.2, 0.25) is 0 Å². The minimum Gasteiger partial charge on any atom is -0.476 e. The van der Waals surface area contributed by atoms with Crippen molar-refractivity contribution in [3.05, 3.63) is 12.4 Å². The van der Waals surface area contributed by atoms with Crippen LogP contribution in [0, 0.1) is 0 Å². The molecule has 1 aliphatic carbocycles. The van der Waals surface area contributed by atoms with Crippen LogP contribution in [0.4, 0.5) is 5.82 Å². The summed E-state index contributed by atoms with van der Waals surface area (Å²) in [7, 11) is 0. The lowest BCUT2D eigenvalue weighted by molar-refractivity contribution is 0.315. The third kappa shape index (κ3) is 2.56. The Bertz CT molecular complexity index is 301. The smallest absolute Gasteiger partial charge is 0.218 e. The molecule has 76 valence electrons. The predicted molar refractivity (Wildman–Crippen MR) is 53.2 cm³/mol. The van der Waals surface area contributed by atoms with Crippen LogP contribution < -0.4 is 15.8 Å². The molecule has 0 aliphatic heterocycles. The molecule has 0 bridgehead atoms. The van der Waals surface area contributed by atoms with Crippen LogP contribution >= 0.6 is 0 Å². The summed E-state index contributed by atoms with van der Waals surface area (Å²) in [6.07, 6.45) is 3.95. The third-order valence-electron chi connectivity index (χ3n) is 1.94. The summed E-state index contributed by atoms with van der Waals surface area (Å²) in [5.41, 5.74) is 5.32. The Balaban J connectivity index is 1.94. The first-order valence-electron chi connectivity index (χ1n) is 4.80. The third-order valence-corrected chi connectivity index (χ3v) is 1.94. The molecule has 0 atom stereocenters. The number of nitrogens with one attached hydrogen (secondary N) is 1. The van der Waals surface area contributed by atoms with Gasteiger partial charge in [0, 0.05) is 18.7 Å². The van der Waals surface area contributed by atoms with Gasteiger partial charge in [0.15, 0.2) is 0 Å². The Morgan fingerprint density at radius 1 is 1.50 bits per heavy atom. The van der Waals surface area contributed by atoms with E-state index in [-0.39, 0.29) is 0 Å². The topological polar surface area (TPSA) is 73.1 Å². The number of aromatic nitrogens is 2. The van der Waals surface area contributed by atoms with Crippen molar-refractivity contribution in [1.82, 2.24) is 9.97 Å². The van der Waals surface area contributed by atoms with Crippen LogP contribution in [-0.4, -0.2) is 29.2 Å². The van der Waals surface area contributed by atoms with Gasteiger partial charge in [-0.3, -0.25) is 0 Å². The molecule has 0 amide bonds. The molecule has 1 aromatic heterocycles. The van der Waals surface area contributed by atoms with E-state index in [2.05, 4.69) is 15.3 Å². The fraction of sp³-hybridized carbons (Fsp3) is 0.556. The minimum atomic E-state index is 0.486. The zero-order valence-electron chi connectivity index (χ0n) is 7.94. The largest absolute Gasteiger partial charge is 0.476 e. The van der Waals surface area contributed by atoms with E-state index in [1.165, 1.54) is 19.2 Å². The van der Waals surface area contributed by atoms with Crippen LogP contribution in [0.25, 0.3) is 0 Å². The van der Waals surface area contributed by atoms with Crippen LogP contribution in [0.5, 0.6) is 5.88 Å². The molecule has 1 saturated carbocycles. The SMILES string of the molecule is NCCOc1cc(NC2CC2)ncn1. The Morgan fingerprint density at radius 3 is 3.07 bits per heavy atom. The minimum absolute atomic E-state index is 0.486. The Labute approximate surface area is 82.7 Å². The van der Waals surface area contributed by atoms with Crippen LogP contribution in [0.15, 0.2) is 12.4 Å². The molecule has 14 heavy (non-hydrogen) atoms. The first kappa shape index (κ1) is 9.21. The molecule has 0 radical (unpaired) electrons. The van der Waals surface area contributed by atoms with Gasteiger partial charge in [0.1, 0.15) is 18.8 Å². The fourth-order valence-electron chi connectivity index (χ4n) is 1.10. The van der Waals surface area contributed by atoms with Crippen LogP contribution in [-0.2, 0) is 0 Å². The van der Waals surface area contributed by atoms with Crippen molar-refractivity contribution in [1.29, 1.82) is 0 Å². The van der Waals surface area contributed by atoms with Crippen molar-refractivity contribution in [3.8, 4) is 5.88 Å². The molecular weight excluding hydrogens is 180 g/mol. The van der Waals surface area contributed by atoms with Gasteiger partial charge < -0.3 is 15.8 Å². The van der Waals surface area contributed by atoms with Crippen molar-refractivity contribution < 1.29 is 4.74 Å². The highest BCUT2D eigenvalue weighted by atomic mass is 16.5. The monoisotopic (exact) mass is 194 g/mol. The molecule has 3 N–H and O–H groups in total. The van der Waals surface area contributed by atoms with Crippen molar-refractivity contribution in [2.75, 3.05) is 18.5 Å². The molecule has 5 heteroatoms. The predicted octanol–water partition coefficient (Wildman–Crippen LogP) is 0.388. The van der Waals surface area contributed by atoms with Gasteiger partial charge >= 0.3 is 0 Å². The van der Waals surface area contributed by atoms with Crippen molar-refractivity contribution in [3.63, 3.8) is 0 Å². The number of rotatable bonds is 5. The number of anilines is 1. The van der Waals surface area contributed by atoms with Gasteiger partial charge in [0.25, 0.3) is 0 Å². The zero-order chi connectivity index (χ0) is 9.80. The fourth-order valence-corrected chi connectivity index (χ4v) is 1.10. The van der Waals surface area contributed by atoms with E-state index in [1.807, 2.05) is 0 Å². The van der Waals surface area contributed by atoms with Crippen molar-refractivity contribution in [2.45, 2.75) is 18.9 Å². The number of nitrogens with zero attached hydrogens (tertiary/aromatic N) is 2. The molecule has 0 aromatic carbocycles. The lowest BCUT2D eigenvalue weighted by atomic mass is 10.5. The first-order chi connectivity index (χ1) is 6.88. The molecule has 5 nitrogen and oxygen atoms in total. The molecule has 1 aliphatic rings. The first-order valence-corrected chi connectivity index (χ1v) is 4.80. The summed E-state index contributed by atoms with van der Waals surface area (Å²) in [5.74, 6) is 1.41. The van der Waals surface area contributed by atoms with E-state index in [0.29, 0.717) is 25.1 Å². The standard InChI is InChI=1S/C9H14N4O/c10-3-4-14-9-5-8(11-6-12-9)13-7-1-2-7/h5-7H,1-4,10H2,(H,11,12,13). The van der Waals surface area contributed by atoms with E-state index >= 15 is 0 Å². The molecule has 0 unspecified atom stereocenters. The number of hydrogen-bond acceptors (Lipinski definition) is 5. The van der Waals surface area contributed by atoms with E-state index in [0.717, 1.165) is 5.82 Å². The molecule has 0 saturated heterocycles. The molecule has 1 heterocycles. The second kappa shape index (κ2) is 4.23. The Hall–Kier alpha value is -1.36. The van der Waals surface area contributed by atoms with Gasteiger partial charge in [0.2, 0.25) is 5.88 Å². The van der Waals surface area contributed by atoms with Gasteiger partial charge in [-0.15, -0.1) is 0 Å². The zero-order valence-corrected chi connectivity index (χ0v) is 7.94. The van der Waals surface area contributed by atoms with Crippen molar-refractivity contribution >= 4 is 5.82 Å². The average molecular weight is 194 g/mol. The maximum atomic E-state index is 5.32. The van der Waals surface area contributed by atoms with Crippen LogP contribution in [0.1, 0.15) is 12.8 Å². The maximum absolute atomic E-state index is 5.32. The lowest BCUT2D eigenvalue weighted by Gasteiger charge is -2.06. The normalized spacial score (nSPS) is 15.2. The molecule has 2 rings (SSSR count). The highest BCUT2D eigenvalue weighted by Gasteiger charge is 2.21. The summed E-state index contributed by atoms with van der Waals surface area (Å²) in [6, 6.07) is 2.39. The Morgan fingerprint density at radius 2 is 2.36 bits per heavy atom. The van der Waals surface area contributed by atoms with Crippen LogP contribution in [0.3, 0.4) is 0 Å². The van der Waals surface area contributed by atoms with E-state index in [9.17, 15) is 0 Å². The van der Waals surface area contributed by atoms with Gasteiger partial charge in [-0.2, -0.15) is 0 Å².